The molecule has 0 aliphatic carbocycles. The minimum Gasteiger partial charge on any atom is -0.434 e. The van der Waals surface area contributed by atoms with Crippen LogP contribution in [0.1, 0.15) is 66.7 Å². The Morgan fingerprint density at radius 1 is 1.15 bits per heavy atom. The average Bonchev–Trinajstić information content (AvgIpc) is 2.36. The number of unbranched alkanes of at least 4 members (excludes halogenated alkanes) is 3. The van der Waals surface area contributed by atoms with Gasteiger partial charge in [0.05, 0.1) is 6.61 Å². The van der Waals surface area contributed by atoms with Gasteiger partial charge in [0.15, 0.2) is 0 Å². The van der Waals surface area contributed by atoms with Gasteiger partial charge in [0, 0.05) is 0 Å². The molecule has 0 saturated heterocycles. The minimum atomic E-state index is -0.583. The Morgan fingerprint density at radius 2 is 1.85 bits per heavy atom. The smallest absolute Gasteiger partial charge is 0.434 e. The van der Waals surface area contributed by atoms with E-state index >= 15 is 0 Å². The van der Waals surface area contributed by atoms with Crippen molar-refractivity contribution in [3.63, 3.8) is 0 Å². The lowest BCUT2D eigenvalue weighted by Crippen LogP contribution is -2.19. The molecule has 0 aliphatic heterocycles. The van der Waals surface area contributed by atoms with Crippen LogP contribution >= 0.6 is 0 Å². The number of carbonyl (C=O) groups is 1. The second kappa shape index (κ2) is 10.8. The number of allylic oxidation sites excluding steroid dienone is 1. The molecule has 0 aromatic carbocycles. The molecule has 0 aromatic heterocycles. The number of rotatable bonds is 9. The Labute approximate surface area is 124 Å². The molecular weight excluding hydrogens is 252 g/mol. The van der Waals surface area contributed by atoms with E-state index in [2.05, 4.69) is 19.9 Å². The van der Waals surface area contributed by atoms with Gasteiger partial charge >= 0.3 is 6.16 Å². The van der Waals surface area contributed by atoms with Gasteiger partial charge < -0.3 is 9.47 Å². The van der Waals surface area contributed by atoms with Crippen LogP contribution in [0.3, 0.4) is 0 Å². The molecule has 0 saturated carbocycles. The average molecular weight is 284 g/mol. The topological polar surface area (TPSA) is 35.5 Å². The molecular formula is C17H32O3. The van der Waals surface area contributed by atoms with E-state index in [4.69, 9.17) is 9.47 Å². The maximum absolute atomic E-state index is 11.3. The third-order valence-electron chi connectivity index (χ3n) is 2.90. The van der Waals surface area contributed by atoms with Crippen molar-refractivity contribution in [1.82, 2.24) is 0 Å². The largest absolute Gasteiger partial charge is 0.508 e. The lowest BCUT2D eigenvalue weighted by molar-refractivity contribution is 0.0395. The molecule has 1 atom stereocenters. The van der Waals surface area contributed by atoms with Crippen LogP contribution in [-0.4, -0.2) is 19.4 Å². The first kappa shape index (κ1) is 19.0. The zero-order valence-electron chi connectivity index (χ0n) is 13.9. The van der Waals surface area contributed by atoms with Crippen molar-refractivity contribution >= 4 is 6.16 Å². The number of carbonyl (C=O) groups excluding carboxylic acids is 1. The van der Waals surface area contributed by atoms with Gasteiger partial charge in [0.2, 0.25) is 0 Å². The third kappa shape index (κ3) is 13.4. The fourth-order valence-corrected chi connectivity index (χ4v) is 1.71. The monoisotopic (exact) mass is 284 g/mol. The van der Waals surface area contributed by atoms with Crippen molar-refractivity contribution in [2.75, 3.05) is 13.2 Å². The van der Waals surface area contributed by atoms with E-state index in [1.165, 1.54) is 32.1 Å². The van der Waals surface area contributed by atoms with Crippen LogP contribution in [0.5, 0.6) is 0 Å². The highest BCUT2D eigenvalue weighted by molar-refractivity contribution is 5.59. The third-order valence-corrected chi connectivity index (χ3v) is 2.90. The van der Waals surface area contributed by atoms with E-state index in [9.17, 15) is 4.79 Å². The zero-order chi connectivity index (χ0) is 15.4. The van der Waals surface area contributed by atoms with Crippen LogP contribution in [0.4, 0.5) is 4.79 Å². The lowest BCUT2D eigenvalue weighted by Gasteiger charge is -2.17. The first-order chi connectivity index (χ1) is 9.35. The Morgan fingerprint density at radius 3 is 2.45 bits per heavy atom. The van der Waals surface area contributed by atoms with Gasteiger partial charge in [-0.05, 0) is 17.8 Å². The number of hydrogen-bond donors (Lipinski definition) is 0. The van der Waals surface area contributed by atoms with Gasteiger partial charge in [-0.15, -0.1) is 0 Å². The van der Waals surface area contributed by atoms with E-state index in [0.29, 0.717) is 19.1 Å². The summed E-state index contributed by atoms with van der Waals surface area (Å²) in [6, 6.07) is 0. The molecule has 0 amide bonds. The second-order valence-corrected chi connectivity index (χ2v) is 6.67. The molecule has 3 nitrogen and oxygen atoms in total. The van der Waals surface area contributed by atoms with Crippen molar-refractivity contribution in [2.24, 2.45) is 11.3 Å². The molecule has 0 fully saturated rings. The van der Waals surface area contributed by atoms with E-state index in [1.54, 1.807) is 0 Å². The fourth-order valence-electron chi connectivity index (χ4n) is 1.71. The quantitative estimate of drug-likeness (QED) is 0.325. The van der Waals surface area contributed by atoms with Gasteiger partial charge in [-0.25, -0.2) is 4.79 Å². The second-order valence-electron chi connectivity index (χ2n) is 6.67. The zero-order valence-corrected chi connectivity index (χ0v) is 13.9. The van der Waals surface area contributed by atoms with Gasteiger partial charge in [-0.2, -0.15) is 0 Å². The molecule has 0 bridgehead atoms. The molecule has 0 aromatic rings. The number of ether oxygens (including phenoxy) is 2. The predicted octanol–water partition coefficient (Wildman–Crippen LogP) is 5.35. The number of hydrogen-bond acceptors (Lipinski definition) is 3. The molecule has 0 radical (unpaired) electrons. The minimum absolute atomic E-state index is 0.0259. The molecule has 0 heterocycles. The highest BCUT2D eigenvalue weighted by atomic mass is 16.7. The van der Waals surface area contributed by atoms with Gasteiger partial charge in [-0.1, -0.05) is 72.5 Å². The molecule has 20 heavy (non-hydrogen) atoms. The maximum Gasteiger partial charge on any atom is 0.508 e. The molecule has 3 heteroatoms. The highest BCUT2D eigenvalue weighted by Crippen LogP contribution is 2.13. The summed E-state index contributed by atoms with van der Waals surface area (Å²) in [7, 11) is 0. The van der Waals surface area contributed by atoms with Gasteiger partial charge in [-0.3, -0.25) is 0 Å². The molecule has 1 unspecified atom stereocenters. The van der Waals surface area contributed by atoms with Crippen molar-refractivity contribution in [3.05, 3.63) is 12.2 Å². The Balaban J connectivity index is 3.61. The summed E-state index contributed by atoms with van der Waals surface area (Å²) in [5.41, 5.74) is -0.0259. The van der Waals surface area contributed by atoms with Crippen LogP contribution in [0.15, 0.2) is 12.2 Å². The van der Waals surface area contributed by atoms with Gasteiger partial charge in [0.1, 0.15) is 6.61 Å². The Bertz CT molecular complexity index is 276. The first-order valence-corrected chi connectivity index (χ1v) is 7.81. The van der Waals surface area contributed by atoms with Crippen molar-refractivity contribution in [3.8, 4) is 0 Å². The molecule has 118 valence electrons. The summed E-state index contributed by atoms with van der Waals surface area (Å²) < 4.78 is 9.99. The Hall–Kier alpha value is -0.990. The van der Waals surface area contributed by atoms with Crippen LogP contribution in [0.25, 0.3) is 0 Å². The summed E-state index contributed by atoms with van der Waals surface area (Å²) in [4.78, 5) is 11.3. The Kier molecular flexibility index (Phi) is 10.2. The fraction of sp³-hybridized carbons (Fsp3) is 0.824. The normalized spacial score (nSPS) is 13.4. The van der Waals surface area contributed by atoms with Crippen LogP contribution < -0.4 is 0 Å². The van der Waals surface area contributed by atoms with Gasteiger partial charge in [0.25, 0.3) is 0 Å². The lowest BCUT2D eigenvalue weighted by atomic mass is 9.99. The summed E-state index contributed by atoms with van der Waals surface area (Å²) >= 11 is 0. The van der Waals surface area contributed by atoms with Crippen molar-refractivity contribution < 1.29 is 14.3 Å². The summed E-state index contributed by atoms with van der Waals surface area (Å²) in [5, 5.41) is 0. The predicted molar refractivity (Wildman–Crippen MR) is 83.8 cm³/mol. The van der Waals surface area contributed by atoms with Crippen LogP contribution in [0.2, 0.25) is 0 Å². The summed E-state index contributed by atoms with van der Waals surface area (Å²) in [5.74, 6) is 0.543. The highest BCUT2D eigenvalue weighted by Gasteiger charge is 2.13. The first-order valence-electron chi connectivity index (χ1n) is 7.81. The van der Waals surface area contributed by atoms with E-state index < -0.39 is 6.16 Å². The van der Waals surface area contributed by atoms with Crippen molar-refractivity contribution in [1.29, 1.82) is 0 Å². The molecule has 0 aliphatic rings. The maximum atomic E-state index is 11.3. The molecule has 0 N–H and O–H groups in total. The summed E-state index contributed by atoms with van der Waals surface area (Å²) in [6.45, 7) is 11.1. The molecule has 0 spiro atoms. The van der Waals surface area contributed by atoms with Crippen molar-refractivity contribution in [2.45, 2.75) is 66.7 Å². The SMILES string of the molecule is CCCCCCC(C)/C=C\COC(=O)OCC(C)(C)C. The van der Waals surface area contributed by atoms with E-state index in [0.717, 1.165) is 0 Å². The van der Waals surface area contributed by atoms with E-state index in [-0.39, 0.29) is 5.41 Å². The molecule has 0 rings (SSSR count). The summed E-state index contributed by atoms with van der Waals surface area (Å²) in [6.07, 6.45) is 9.81. The van der Waals surface area contributed by atoms with Crippen LogP contribution in [0, 0.1) is 11.3 Å². The van der Waals surface area contributed by atoms with Crippen LogP contribution in [-0.2, 0) is 9.47 Å². The standard InChI is InChI=1S/C17H32O3/c1-6-7-8-9-11-15(2)12-10-13-19-16(18)20-14-17(3,4)5/h10,12,15H,6-9,11,13-14H2,1-5H3/b12-10-. The van der Waals surface area contributed by atoms with E-state index in [1.807, 2.05) is 26.8 Å².